The summed E-state index contributed by atoms with van der Waals surface area (Å²) in [7, 11) is 0. The van der Waals surface area contributed by atoms with Gasteiger partial charge in [-0.1, -0.05) is 24.6 Å². The van der Waals surface area contributed by atoms with E-state index in [-0.39, 0.29) is 6.04 Å². The number of benzene rings is 1. The molecule has 0 spiro atoms. The van der Waals surface area contributed by atoms with Gasteiger partial charge in [0, 0.05) is 6.04 Å². The van der Waals surface area contributed by atoms with Gasteiger partial charge in [0.1, 0.15) is 12.4 Å². The molecule has 0 radical (unpaired) electrons. The Kier molecular flexibility index (Phi) is 5.06. The summed E-state index contributed by atoms with van der Waals surface area (Å²) in [5.41, 5.74) is 8.37. The maximum Gasteiger partial charge on any atom is 0.119 e. The second kappa shape index (κ2) is 6.33. The minimum absolute atomic E-state index is 0.131. The number of allylic oxidation sites excluding steroid dienone is 1. The highest BCUT2D eigenvalue weighted by molar-refractivity contribution is 5.29. The fourth-order valence-electron chi connectivity index (χ4n) is 1.35. The van der Waals surface area contributed by atoms with E-state index in [0.29, 0.717) is 6.61 Å². The largest absolute Gasteiger partial charge is 0.490 e. The van der Waals surface area contributed by atoms with Crippen molar-refractivity contribution in [1.82, 2.24) is 0 Å². The van der Waals surface area contributed by atoms with Crippen molar-refractivity contribution in [3.63, 3.8) is 0 Å². The quantitative estimate of drug-likeness (QED) is 0.770. The van der Waals surface area contributed by atoms with Crippen LogP contribution in [-0.2, 0) is 0 Å². The Morgan fingerprint density at radius 2 is 1.94 bits per heavy atom. The summed E-state index contributed by atoms with van der Waals surface area (Å²) < 4.78 is 5.57. The summed E-state index contributed by atoms with van der Waals surface area (Å²) in [4.78, 5) is 0. The van der Waals surface area contributed by atoms with Gasteiger partial charge in [0.05, 0.1) is 0 Å². The van der Waals surface area contributed by atoms with Gasteiger partial charge >= 0.3 is 0 Å². The molecule has 2 heteroatoms. The summed E-state index contributed by atoms with van der Waals surface area (Å²) in [5.74, 6) is 0.893. The highest BCUT2D eigenvalue weighted by Gasteiger charge is 2.02. The van der Waals surface area contributed by atoms with E-state index < -0.39 is 0 Å². The third-order valence-corrected chi connectivity index (χ3v) is 2.49. The van der Waals surface area contributed by atoms with Crippen LogP contribution in [-0.4, -0.2) is 6.61 Å². The van der Waals surface area contributed by atoms with Crippen LogP contribution in [0.5, 0.6) is 5.75 Å². The van der Waals surface area contributed by atoms with Crippen LogP contribution in [0.15, 0.2) is 35.9 Å². The van der Waals surface area contributed by atoms with Gasteiger partial charge < -0.3 is 10.5 Å². The minimum Gasteiger partial charge on any atom is -0.490 e. The monoisotopic (exact) mass is 219 g/mol. The normalized spacial score (nSPS) is 12.0. The molecule has 0 aliphatic rings. The molecule has 1 atom stereocenters. The van der Waals surface area contributed by atoms with Crippen LogP contribution in [0.3, 0.4) is 0 Å². The summed E-state index contributed by atoms with van der Waals surface area (Å²) in [5, 5.41) is 0. The first-order valence-electron chi connectivity index (χ1n) is 5.75. The fourth-order valence-corrected chi connectivity index (χ4v) is 1.35. The number of hydrogen-bond acceptors (Lipinski definition) is 2. The predicted octanol–water partition coefficient (Wildman–Crippen LogP) is 3.44. The molecular weight excluding hydrogens is 198 g/mol. The lowest BCUT2D eigenvalue weighted by atomic mass is 10.1. The molecule has 0 saturated carbocycles. The van der Waals surface area contributed by atoms with E-state index >= 15 is 0 Å². The molecular formula is C14H21NO. The van der Waals surface area contributed by atoms with Crippen LogP contribution < -0.4 is 10.5 Å². The van der Waals surface area contributed by atoms with E-state index in [2.05, 4.69) is 26.8 Å². The van der Waals surface area contributed by atoms with Gasteiger partial charge in [-0.25, -0.2) is 0 Å². The third-order valence-electron chi connectivity index (χ3n) is 2.49. The molecule has 88 valence electrons. The Hall–Kier alpha value is -1.28. The molecule has 0 aliphatic carbocycles. The Morgan fingerprint density at radius 1 is 1.31 bits per heavy atom. The second-order valence-corrected chi connectivity index (χ2v) is 4.18. The van der Waals surface area contributed by atoms with E-state index in [1.54, 1.807) is 0 Å². The van der Waals surface area contributed by atoms with Crippen LogP contribution in [0.2, 0.25) is 0 Å². The molecule has 1 aromatic carbocycles. The summed E-state index contributed by atoms with van der Waals surface area (Å²) in [6.07, 6.45) is 3.02. The van der Waals surface area contributed by atoms with Crippen molar-refractivity contribution in [3.8, 4) is 5.75 Å². The zero-order valence-electron chi connectivity index (χ0n) is 10.4. The van der Waals surface area contributed by atoms with E-state index in [0.717, 1.165) is 17.7 Å². The SMILES string of the molecule is CC[C@@H](N)c1ccc(OCC=C(C)C)cc1. The second-order valence-electron chi connectivity index (χ2n) is 4.18. The molecule has 0 aromatic heterocycles. The lowest BCUT2D eigenvalue weighted by Crippen LogP contribution is -2.08. The summed E-state index contributed by atoms with van der Waals surface area (Å²) >= 11 is 0. The lowest BCUT2D eigenvalue weighted by Gasteiger charge is -2.10. The Morgan fingerprint density at radius 3 is 2.44 bits per heavy atom. The van der Waals surface area contributed by atoms with Crippen molar-refractivity contribution in [1.29, 1.82) is 0 Å². The van der Waals surface area contributed by atoms with E-state index in [1.807, 2.05) is 24.3 Å². The van der Waals surface area contributed by atoms with Crippen LogP contribution in [0.25, 0.3) is 0 Å². The van der Waals surface area contributed by atoms with Crippen molar-refractivity contribution in [2.45, 2.75) is 33.2 Å². The van der Waals surface area contributed by atoms with Gasteiger partial charge in [0.2, 0.25) is 0 Å². The summed E-state index contributed by atoms with van der Waals surface area (Å²) in [6.45, 7) is 6.84. The number of hydrogen-bond donors (Lipinski definition) is 1. The number of ether oxygens (including phenoxy) is 1. The molecule has 0 unspecified atom stereocenters. The lowest BCUT2D eigenvalue weighted by molar-refractivity contribution is 0.362. The van der Waals surface area contributed by atoms with Crippen molar-refractivity contribution in [3.05, 3.63) is 41.5 Å². The highest BCUT2D eigenvalue weighted by atomic mass is 16.5. The maximum absolute atomic E-state index is 5.93. The molecule has 0 saturated heterocycles. The molecule has 1 rings (SSSR count). The molecule has 16 heavy (non-hydrogen) atoms. The van der Waals surface area contributed by atoms with E-state index in [1.165, 1.54) is 5.57 Å². The zero-order chi connectivity index (χ0) is 12.0. The van der Waals surface area contributed by atoms with Crippen LogP contribution in [0, 0.1) is 0 Å². The first-order valence-corrected chi connectivity index (χ1v) is 5.75. The van der Waals surface area contributed by atoms with E-state index in [4.69, 9.17) is 10.5 Å². The molecule has 0 amide bonds. The van der Waals surface area contributed by atoms with Crippen LogP contribution in [0.4, 0.5) is 0 Å². The zero-order valence-corrected chi connectivity index (χ0v) is 10.4. The van der Waals surface area contributed by atoms with Crippen molar-refractivity contribution < 1.29 is 4.74 Å². The molecule has 2 nitrogen and oxygen atoms in total. The van der Waals surface area contributed by atoms with Gasteiger partial charge in [-0.2, -0.15) is 0 Å². The van der Waals surface area contributed by atoms with E-state index in [9.17, 15) is 0 Å². The number of rotatable bonds is 5. The number of nitrogens with two attached hydrogens (primary N) is 1. The van der Waals surface area contributed by atoms with Crippen molar-refractivity contribution in [2.75, 3.05) is 6.61 Å². The first kappa shape index (κ1) is 12.8. The van der Waals surface area contributed by atoms with Crippen LogP contribution >= 0.6 is 0 Å². The van der Waals surface area contributed by atoms with Crippen molar-refractivity contribution in [2.24, 2.45) is 5.73 Å². The first-order chi connectivity index (χ1) is 7.63. The van der Waals surface area contributed by atoms with Gasteiger partial charge in [-0.15, -0.1) is 0 Å². The molecule has 0 bridgehead atoms. The topological polar surface area (TPSA) is 35.2 Å². The predicted molar refractivity (Wildman–Crippen MR) is 68.6 cm³/mol. The Balaban J connectivity index is 2.54. The fraction of sp³-hybridized carbons (Fsp3) is 0.429. The highest BCUT2D eigenvalue weighted by Crippen LogP contribution is 2.18. The smallest absolute Gasteiger partial charge is 0.119 e. The van der Waals surface area contributed by atoms with Gasteiger partial charge in [-0.05, 0) is 44.0 Å². The molecule has 0 heterocycles. The standard InChI is InChI=1S/C14H21NO/c1-4-14(15)12-5-7-13(8-6-12)16-10-9-11(2)3/h5-9,14H,4,10,15H2,1-3H3/t14-/m1/s1. The third kappa shape index (κ3) is 4.07. The van der Waals surface area contributed by atoms with Crippen LogP contribution in [0.1, 0.15) is 38.8 Å². The molecule has 1 aromatic rings. The molecule has 0 fully saturated rings. The average molecular weight is 219 g/mol. The minimum atomic E-state index is 0.131. The van der Waals surface area contributed by atoms with Crippen molar-refractivity contribution >= 4 is 0 Å². The Bertz CT molecular complexity index is 336. The average Bonchev–Trinajstić information content (AvgIpc) is 2.28. The molecule has 0 aliphatic heterocycles. The van der Waals surface area contributed by atoms with Gasteiger partial charge in [0.25, 0.3) is 0 Å². The van der Waals surface area contributed by atoms with Gasteiger partial charge in [0.15, 0.2) is 0 Å². The Labute approximate surface area is 98.1 Å². The molecule has 2 N–H and O–H groups in total. The maximum atomic E-state index is 5.93. The summed E-state index contributed by atoms with van der Waals surface area (Å²) in [6, 6.07) is 8.15. The van der Waals surface area contributed by atoms with Gasteiger partial charge in [-0.3, -0.25) is 0 Å².